The Hall–Kier alpha value is -1.30. The molecule has 0 aliphatic carbocycles. The fourth-order valence-electron chi connectivity index (χ4n) is 1.45. The molecule has 0 rings (SSSR count). The molecule has 6 heteroatoms. The number of carbonyl (C=O) groups excluding carboxylic acids is 1. The molecule has 6 nitrogen and oxygen atoms in total. The number of carboxylic acid groups (broad SMARTS) is 1. The van der Waals surface area contributed by atoms with Crippen LogP contribution < -0.4 is 5.32 Å². The van der Waals surface area contributed by atoms with Crippen molar-refractivity contribution in [3.8, 4) is 0 Å². The molecule has 0 saturated carbocycles. The Balaban J connectivity index is 4.45. The summed E-state index contributed by atoms with van der Waals surface area (Å²) in [6.45, 7) is 6.02. The number of urea groups is 1. The van der Waals surface area contributed by atoms with Gasteiger partial charge in [0.1, 0.15) is 6.54 Å². The van der Waals surface area contributed by atoms with E-state index in [0.717, 1.165) is 0 Å². The molecular formula is C11H22N2O4. The Labute approximate surface area is 102 Å². The number of nitrogens with zero attached hydrogens (tertiary/aromatic N) is 1. The van der Waals surface area contributed by atoms with Gasteiger partial charge in [0.2, 0.25) is 0 Å². The fraction of sp³-hybridized carbons (Fsp3) is 0.818. The summed E-state index contributed by atoms with van der Waals surface area (Å²) in [5.41, 5.74) is -0.518. The molecule has 17 heavy (non-hydrogen) atoms. The number of carboxylic acids is 1. The molecule has 0 radical (unpaired) electrons. The Bertz CT molecular complexity index is 266. The molecule has 0 aliphatic heterocycles. The lowest BCUT2D eigenvalue weighted by molar-refractivity contribution is -0.137. The third-order valence-electron chi connectivity index (χ3n) is 2.06. The van der Waals surface area contributed by atoms with E-state index in [4.69, 9.17) is 9.84 Å². The summed E-state index contributed by atoms with van der Waals surface area (Å²) in [6, 6.07) is -0.378. The second kappa shape index (κ2) is 7.11. The van der Waals surface area contributed by atoms with E-state index < -0.39 is 11.5 Å². The van der Waals surface area contributed by atoms with E-state index >= 15 is 0 Å². The van der Waals surface area contributed by atoms with Gasteiger partial charge < -0.3 is 20.1 Å². The predicted octanol–water partition coefficient (Wildman–Crippen LogP) is 0.918. The van der Waals surface area contributed by atoms with Crippen LogP contribution in [-0.2, 0) is 9.53 Å². The normalized spacial score (nSPS) is 11.1. The highest BCUT2D eigenvalue weighted by Gasteiger charge is 2.24. The maximum atomic E-state index is 11.9. The zero-order chi connectivity index (χ0) is 13.5. The molecule has 0 spiro atoms. The van der Waals surface area contributed by atoms with Crippen molar-refractivity contribution in [1.82, 2.24) is 10.2 Å². The molecule has 0 bridgehead atoms. The van der Waals surface area contributed by atoms with Gasteiger partial charge in [0.05, 0.1) is 12.1 Å². The van der Waals surface area contributed by atoms with E-state index in [1.54, 1.807) is 7.11 Å². The Morgan fingerprint density at radius 1 is 1.41 bits per heavy atom. The van der Waals surface area contributed by atoms with Gasteiger partial charge in [-0.05, 0) is 20.3 Å². The number of methoxy groups -OCH3 is 1. The number of rotatable bonds is 7. The number of hydrogen-bond acceptors (Lipinski definition) is 3. The van der Waals surface area contributed by atoms with Crippen molar-refractivity contribution in [2.45, 2.75) is 32.7 Å². The minimum atomic E-state index is -1.02. The summed E-state index contributed by atoms with van der Waals surface area (Å²) in [5.74, 6) is -1.02. The first-order valence-electron chi connectivity index (χ1n) is 5.60. The highest BCUT2D eigenvalue weighted by atomic mass is 16.5. The van der Waals surface area contributed by atoms with Crippen LogP contribution in [0.5, 0.6) is 0 Å². The number of hydrogen-bond donors (Lipinski definition) is 2. The first-order valence-corrected chi connectivity index (χ1v) is 5.60. The maximum Gasteiger partial charge on any atom is 0.323 e. The molecule has 0 aromatic rings. The van der Waals surface area contributed by atoms with E-state index in [1.807, 2.05) is 20.8 Å². The summed E-state index contributed by atoms with van der Waals surface area (Å²) in [5, 5.41) is 11.5. The van der Waals surface area contributed by atoms with Gasteiger partial charge in [-0.2, -0.15) is 0 Å². The molecular weight excluding hydrogens is 224 g/mol. The van der Waals surface area contributed by atoms with E-state index in [0.29, 0.717) is 19.6 Å². The first kappa shape index (κ1) is 15.7. The fourth-order valence-corrected chi connectivity index (χ4v) is 1.45. The number of carbonyl (C=O) groups is 2. The van der Waals surface area contributed by atoms with Crippen molar-refractivity contribution in [2.24, 2.45) is 0 Å². The molecule has 0 saturated heterocycles. The SMILES string of the molecule is CCCN(CC(=O)O)C(=O)NC(C)(C)COC. The minimum absolute atomic E-state index is 0.289. The summed E-state index contributed by atoms with van der Waals surface area (Å²) in [7, 11) is 1.55. The molecule has 2 N–H and O–H groups in total. The van der Waals surface area contributed by atoms with Crippen LogP contribution in [0.1, 0.15) is 27.2 Å². The quantitative estimate of drug-likeness (QED) is 0.700. The molecule has 100 valence electrons. The molecule has 0 aliphatic rings. The van der Waals surface area contributed by atoms with Crippen molar-refractivity contribution in [1.29, 1.82) is 0 Å². The average molecular weight is 246 g/mol. The van der Waals surface area contributed by atoms with E-state index in [-0.39, 0.29) is 12.6 Å². The predicted molar refractivity (Wildman–Crippen MR) is 64.0 cm³/mol. The standard InChI is InChI=1S/C11H22N2O4/c1-5-6-13(7-9(14)15)10(16)12-11(2,3)8-17-4/h5-8H2,1-4H3,(H,12,16)(H,14,15). The van der Waals surface area contributed by atoms with Crippen molar-refractivity contribution in [2.75, 3.05) is 26.8 Å². The van der Waals surface area contributed by atoms with Gasteiger partial charge >= 0.3 is 12.0 Å². The zero-order valence-corrected chi connectivity index (χ0v) is 10.9. The Morgan fingerprint density at radius 2 is 2.00 bits per heavy atom. The zero-order valence-electron chi connectivity index (χ0n) is 10.9. The van der Waals surface area contributed by atoms with Gasteiger partial charge in [-0.1, -0.05) is 6.92 Å². The number of amides is 2. The topological polar surface area (TPSA) is 78.9 Å². The highest BCUT2D eigenvalue weighted by molar-refractivity contribution is 5.80. The van der Waals surface area contributed by atoms with Crippen LogP contribution >= 0.6 is 0 Å². The third kappa shape index (κ3) is 6.78. The summed E-state index contributed by atoms with van der Waals surface area (Å²) < 4.78 is 4.98. The summed E-state index contributed by atoms with van der Waals surface area (Å²) in [4.78, 5) is 23.8. The van der Waals surface area contributed by atoms with Gasteiger partial charge in [0.25, 0.3) is 0 Å². The van der Waals surface area contributed by atoms with Crippen molar-refractivity contribution >= 4 is 12.0 Å². The molecule has 0 fully saturated rings. The highest BCUT2D eigenvalue weighted by Crippen LogP contribution is 2.04. The lowest BCUT2D eigenvalue weighted by Gasteiger charge is -2.29. The Morgan fingerprint density at radius 3 is 2.41 bits per heavy atom. The summed E-state index contributed by atoms with van der Waals surface area (Å²) >= 11 is 0. The van der Waals surface area contributed by atoms with Gasteiger partial charge in [-0.3, -0.25) is 4.79 Å². The van der Waals surface area contributed by atoms with Crippen LogP contribution in [0.3, 0.4) is 0 Å². The molecule has 0 heterocycles. The maximum absolute atomic E-state index is 11.9. The van der Waals surface area contributed by atoms with Crippen LogP contribution in [0.15, 0.2) is 0 Å². The van der Waals surface area contributed by atoms with E-state index in [1.165, 1.54) is 4.90 Å². The minimum Gasteiger partial charge on any atom is -0.480 e. The van der Waals surface area contributed by atoms with Crippen LogP contribution in [-0.4, -0.2) is 54.4 Å². The van der Waals surface area contributed by atoms with Crippen molar-refractivity contribution < 1.29 is 19.4 Å². The van der Waals surface area contributed by atoms with E-state index in [9.17, 15) is 9.59 Å². The van der Waals surface area contributed by atoms with Crippen molar-refractivity contribution in [3.63, 3.8) is 0 Å². The van der Waals surface area contributed by atoms with Crippen LogP contribution in [0.2, 0.25) is 0 Å². The van der Waals surface area contributed by atoms with Crippen LogP contribution in [0.25, 0.3) is 0 Å². The van der Waals surface area contributed by atoms with Gasteiger partial charge in [-0.15, -0.1) is 0 Å². The second-order valence-corrected chi connectivity index (χ2v) is 4.56. The first-order chi connectivity index (χ1) is 7.82. The number of aliphatic carboxylic acids is 1. The average Bonchev–Trinajstić information content (AvgIpc) is 2.15. The molecule has 0 aromatic heterocycles. The Kier molecular flexibility index (Phi) is 6.57. The van der Waals surface area contributed by atoms with Crippen LogP contribution in [0.4, 0.5) is 4.79 Å². The second-order valence-electron chi connectivity index (χ2n) is 4.56. The molecule has 0 unspecified atom stereocenters. The van der Waals surface area contributed by atoms with Crippen LogP contribution in [0, 0.1) is 0 Å². The lowest BCUT2D eigenvalue weighted by Crippen LogP contribution is -2.53. The number of nitrogens with one attached hydrogen (secondary N) is 1. The lowest BCUT2D eigenvalue weighted by atomic mass is 10.1. The van der Waals surface area contributed by atoms with Crippen molar-refractivity contribution in [3.05, 3.63) is 0 Å². The van der Waals surface area contributed by atoms with Gasteiger partial charge in [0.15, 0.2) is 0 Å². The summed E-state index contributed by atoms with van der Waals surface area (Å²) in [6.07, 6.45) is 0.714. The monoisotopic (exact) mass is 246 g/mol. The molecule has 2 amide bonds. The third-order valence-corrected chi connectivity index (χ3v) is 2.06. The molecule has 0 atom stereocenters. The largest absolute Gasteiger partial charge is 0.480 e. The van der Waals surface area contributed by atoms with E-state index in [2.05, 4.69) is 5.32 Å². The number of ether oxygens (including phenoxy) is 1. The molecule has 0 aromatic carbocycles. The van der Waals surface area contributed by atoms with Gasteiger partial charge in [0, 0.05) is 13.7 Å². The smallest absolute Gasteiger partial charge is 0.323 e. The van der Waals surface area contributed by atoms with Gasteiger partial charge in [-0.25, -0.2) is 4.79 Å².